The molecule has 9 heteroatoms. The predicted molar refractivity (Wildman–Crippen MR) is 102 cm³/mol. The summed E-state index contributed by atoms with van der Waals surface area (Å²) in [4.78, 5) is 16.5. The molecule has 0 spiro atoms. The van der Waals surface area contributed by atoms with E-state index in [9.17, 15) is 13.2 Å². The van der Waals surface area contributed by atoms with Gasteiger partial charge in [-0.3, -0.25) is 9.69 Å². The Bertz CT molecular complexity index is 759. The van der Waals surface area contributed by atoms with Gasteiger partial charge in [-0.15, -0.1) is 0 Å². The third-order valence-corrected chi connectivity index (χ3v) is 7.56. The molecule has 1 aromatic carbocycles. The third kappa shape index (κ3) is 4.51. The van der Waals surface area contributed by atoms with Crippen LogP contribution in [0.1, 0.15) is 19.3 Å². The van der Waals surface area contributed by atoms with Crippen LogP contribution in [-0.2, 0) is 14.8 Å². The van der Waals surface area contributed by atoms with Gasteiger partial charge in [0.25, 0.3) is 0 Å². The van der Waals surface area contributed by atoms with Gasteiger partial charge in [0.15, 0.2) is 0 Å². The molecule has 0 N–H and O–H groups in total. The van der Waals surface area contributed by atoms with Crippen molar-refractivity contribution in [2.75, 3.05) is 45.8 Å². The predicted octanol–water partition coefficient (Wildman–Crippen LogP) is 2.31. The van der Waals surface area contributed by atoms with E-state index in [-0.39, 0.29) is 28.9 Å². The molecule has 0 bridgehead atoms. The van der Waals surface area contributed by atoms with Crippen molar-refractivity contribution in [1.29, 1.82) is 0 Å². The van der Waals surface area contributed by atoms with Crippen LogP contribution in [0.5, 0.6) is 0 Å². The number of halogens is 2. The largest absolute Gasteiger partial charge is 0.339 e. The summed E-state index contributed by atoms with van der Waals surface area (Å²) in [6.07, 6.45) is 3.52. The second kappa shape index (κ2) is 8.44. The lowest BCUT2D eigenvalue weighted by Gasteiger charge is -2.35. The number of nitrogens with zero attached hydrogens (tertiary/aromatic N) is 3. The first kappa shape index (κ1) is 19.9. The second-order valence-corrected chi connectivity index (χ2v) is 9.45. The number of hydrogen-bond acceptors (Lipinski definition) is 4. The Morgan fingerprint density at radius 2 is 1.58 bits per heavy atom. The summed E-state index contributed by atoms with van der Waals surface area (Å²) in [5, 5.41) is 0.529. The van der Waals surface area contributed by atoms with Crippen LogP contribution in [0.3, 0.4) is 0 Å². The van der Waals surface area contributed by atoms with Gasteiger partial charge in [0.1, 0.15) is 0 Å². The van der Waals surface area contributed by atoms with Gasteiger partial charge in [-0.05, 0) is 44.1 Å². The number of hydrogen-bond donors (Lipinski definition) is 0. The lowest BCUT2D eigenvalue weighted by Crippen LogP contribution is -2.52. The van der Waals surface area contributed by atoms with Crippen LogP contribution >= 0.6 is 23.2 Å². The van der Waals surface area contributed by atoms with E-state index in [1.807, 2.05) is 0 Å². The molecule has 0 saturated carbocycles. The summed E-state index contributed by atoms with van der Waals surface area (Å²) < 4.78 is 26.9. The molecule has 6 nitrogen and oxygen atoms in total. The summed E-state index contributed by atoms with van der Waals surface area (Å²) in [5.41, 5.74) is 0. The number of rotatable bonds is 4. The highest BCUT2D eigenvalue weighted by molar-refractivity contribution is 7.89. The van der Waals surface area contributed by atoms with Crippen LogP contribution in [0.25, 0.3) is 0 Å². The molecule has 2 aliphatic heterocycles. The van der Waals surface area contributed by atoms with E-state index in [1.54, 1.807) is 4.90 Å². The molecule has 1 aromatic rings. The maximum Gasteiger partial charge on any atom is 0.243 e. The number of sulfonamides is 1. The quantitative estimate of drug-likeness (QED) is 0.750. The standard InChI is InChI=1S/C17H23Cl2N3O3S/c18-15-5-4-14(12-16(15)19)26(24,25)22-10-8-21(9-11-22)17(23)13-20-6-2-1-3-7-20/h4-5,12H,1-3,6-11,13H2. The summed E-state index contributed by atoms with van der Waals surface area (Å²) in [5.74, 6) is 0.0819. The van der Waals surface area contributed by atoms with E-state index in [4.69, 9.17) is 23.2 Å². The van der Waals surface area contributed by atoms with Crippen LogP contribution < -0.4 is 0 Å². The molecule has 1 amide bonds. The Hall–Kier alpha value is -0.860. The minimum Gasteiger partial charge on any atom is -0.339 e. The van der Waals surface area contributed by atoms with Crippen molar-refractivity contribution in [3.63, 3.8) is 0 Å². The summed E-state index contributed by atoms with van der Waals surface area (Å²) in [7, 11) is -3.64. The molecule has 2 aliphatic rings. The van der Waals surface area contributed by atoms with Gasteiger partial charge in [-0.1, -0.05) is 29.6 Å². The molecule has 2 saturated heterocycles. The number of carbonyl (C=O) groups is 1. The Morgan fingerprint density at radius 1 is 0.923 bits per heavy atom. The average molecular weight is 420 g/mol. The fourth-order valence-corrected chi connectivity index (χ4v) is 5.18. The summed E-state index contributed by atoms with van der Waals surface area (Å²) >= 11 is 11.8. The van der Waals surface area contributed by atoms with E-state index in [1.165, 1.54) is 28.9 Å². The number of benzene rings is 1. The Kier molecular flexibility index (Phi) is 6.45. The van der Waals surface area contributed by atoms with Gasteiger partial charge in [0.05, 0.1) is 21.5 Å². The average Bonchev–Trinajstić information content (AvgIpc) is 2.65. The van der Waals surface area contributed by atoms with Gasteiger partial charge >= 0.3 is 0 Å². The Labute approximate surface area is 164 Å². The van der Waals surface area contributed by atoms with E-state index >= 15 is 0 Å². The first-order valence-electron chi connectivity index (χ1n) is 8.83. The van der Waals surface area contributed by atoms with Gasteiger partial charge < -0.3 is 4.90 Å². The van der Waals surface area contributed by atoms with E-state index in [0.29, 0.717) is 24.7 Å². The van der Waals surface area contributed by atoms with Gasteiger partial charge in [-0.2, -0.15) is 4.31 Å². The molecule has 144 valence electrons. The number of amides is 1. The van der Waals surface area contributed by atoms with Crippen molar-refractivity contribution < 1.29 is 13.2 Å². The highest BCUT2D eigenvalue weighted by atomic mass is 35.5. The van der Waals surface area contributed by atoms with Crippen molar-refractivity contribution in [3.8, 4) is 0 Å². The zero-order chi connectivity index (χ0) is 18.7. The van der Waals surface area contributed by atoms with Crippen LogP contribution in [-0.4, -0.2) is 74.2 Å². The molecule has 0 aliphatic carbocycles. The Balaban J connectivity index is 1.58. The first-order valence-corrected chi connectivity index (χ1v) is 11.0. The highest BCUT2D eigenvalue weighted by Gasteiger charge is 2.31. The van der Waals surface area contributed by atoms with Crippen LogP contribution in [0, 0.1) is 0 Å². The molecular formula is C17H23Cl2N3O3S. The molecular weight excluding hydrogens is 397 g/mol. The fraction of sp³-hybridized carbons (Fsp3) is 0.588. The monoisotopic (exact) mass is 419 g/mol. The lowest BCUT2D eigenvalue weighted by atomic mass is 10.1. The van der Waals surface area contributed by atoms with Gasteiger partial charge in [0, 0.05) is 26.2 Å². The molecule has 2 fully saturated rings. The van der Waals surface area contributed by atoms with Crippen molar-refractivity contribution in [3.05, 3.63) is 28.2 Å². The van der Waals surface area contributed by atoms with Crippen molar-refractivity contribution >= 4 is 39.1 Å². The summed E-state index contributed by atoms with van der Waals surface area (Å²) in [6, 6.07) is 4.31. The normalized spacial score (nSPS) is 20.3. The number of piperazine rings is 1. The third-order valence-electron chi connectivity index (χ3n) is 4.93. The molecule has 0 radical (unpaired) electrons. The van der Waals surface area contributed by atoms with Crippen molar-refractivity contribution in [2.24, 2.45) is 0 Å². The van der Waals surface area contributed by atoms with Crippen LogP contribution in [0.2, 0.25) is 10.0 Å². The molecule has 3 rings (SSSR count). The molecule has 0 aromatic heterocycles. The SMILES string of the molecule is O=C(CN1CCCCC1)N1CCN(S(=O)(=O)c2ccc(Cl)c(Cl)c2)CC1. The zero-order valence-corrected chi connectivity index (χ0v) is 16.9. The fourth-order valence-electron chi connectivity index (χ4n) is 3.37. The van der Waals surface area contributed by atoms with Crippen molar-refractivity contribution in [1.82, 2.24) is 14.1 Å². The molecule has 0 atom stereocenters. The smallest absolute Gasteiger partial charge is 0.243 e. The van der Waals surface area contributed by atoms with E-state index in [0.717, 1.165) is 25.9 Å². The van der Waals surface area contributed by atoms with Crippen LogP contribution in [0.4, 0.5) is 0 Å². The first-order chi connectivity index (χ1) is 12.4. The second-order valence-electron chi connectivity index (χ2n) is 6.70. The van der Waals surface area contributed by atoms with E-state index < -0.39 is 10.0 Å². The summed E-state index contributed by atoms with van der Waals surface area (Å²) in [6.45, 7) is 3.76. The minimum atomic E-state index is -3.64. The molecule has 0 unspecified atom stereocenters. The maximum atomic E-state index is 12.8. The Morgan fingerprint density at radius 3 is 2.19 bits per heavy atom. The maximum absolute atomic E-state index is 12.8. The lowest BCUT2D eigenvalue weighted by molar-refractivity contribution is -0.133. The number of piperidine rings is 1. The van der Waals surface area contributed by atoms with Crippen LogP contribution in [0.15, 0.2) is 23.1 Å². The number of likely N-dealkylation sites (tertiary alicyclic amines) is 1. The van der Waals surface area contributed by atoms with Gasteiger partial charge in [0.2, 0.25) is 15.9 Å². The molecule has 2 heterocycles. The van der Waals surface area contributed by atoms with Crippen molar-refractivity contribution in [2.45, 2.75) is 24.2 Å². The number of carbonyl (C=O) groups excluding carboxylic acids is 1. The zero-order valence-electron chi connectivity index (χ0n) is 14.5. The minimum absolute atomic E-state index is 0.0819. The van der Waals surface area contributed by atoms with Gasteiger partial charge in [-0.25, -0.2) is 8.42 Å². The van der Waals surface area contributed by atoms with E-state index in [2.05, 4.69) is 4.90 Å². The molecule has 26 heavy (non-hydrogen) atoms. The highest BCUT2D eigenvalue weighted by Crippen LogP contribution is 2.27. The topological polar surface area (TPSA) is 60.9 Å².